The topological polar surface area (TPSA) is 55.1 Å². The Kier molecular flexibility index (Phi) is 4.34. The molecule has 84 valence electrons. The van der Waals surface area contributed by atoms with Gasteiger partial charge in [0.05, 0.1) is 5.69 Å². The van der Waals surface area contributed by atoms with Gasteiger partial charge in [0, 0.05) is 6.54 Å². The van der Waals surface area contributed by atoms with Crippen molar-refractivity contribution in [3.05, 3.63) is 17.0 Å². The van der Waals surface area contributed by atoms with Crippen molar-refractivity contribution in [1.82, 2.24) is 10.5 Å². The lowest BCUT2D eigenvalue weighted by Crippen LogP contribution is -2.25. The van der Waals surface area contributed by atoms with E-state index in [9.17, 15) is 4.79 Å². The lowest BCUT2D eigenvalue weighted by Gasteiger charge is -2.03. The van der Waals surface area contributed by atoms with Gasteiger partial charge in [0.25, 0.3) is 5.91 Å². The van der Waals surface area contributed by atoms with Gasteiger partial charge in [0.15, 0.2) is 0 Å². The predicted octanol–water partition coefficient (Wildman–Crippen LogP) is 2.21. The third-order valence-electron chi connectivity index (χ3n) is 2.33. The van der Waals surface area contributed by atoms with E-state index >= 15 is 0 Å². The smallest absolute Gasteiger partial charge is 0.256 e. The first-order chi connectivity index (χ1) is 7.16. The molecule has 0 aliphatic carbocycles. The maximum Gasteiger partial charge on any atom is 0.256 e. The van der Waals surface area contributed by atoms with Crippen LogP contribution in [0.15, 0.2) is 4.52 Å². The Hall–Kier alpha value is -1.32. The summed E-state index contributed by atoms with van der Waals surface area (Å²) >= 11 is 0. The fraction of sp³-hybridized carbons (Fsp3) is 0.636. The zero-order valence-electron chi connectivity index (χ0n) is 9.59. The Labute approximate surface area is 90.0 Å². The molecule has 0 radical (unpaired) electrons. The second kappa shape index (κ2) is 5.53. The highest BCUT2D eigenvalue weighted by molar-refractivity contribution is 5.95. The number of carbonyl (C=O) groups is 1. The molecule has 4 heteroatoms. The minimum atomic E-state index is -0.0812. The zero-order chi connectivity index (χ0) is 11.3. The maximum atomic E-state index is 11.7. The van der Waals surface area contributed by atoms with Crippen LogP contribution < -0.4 is 5.32 Å². The molecule has 0 spiro atoms. The van der Waals surface area contributed by atoms with Crippen LogP contribution in [0.3, 0.4) is 0 Å². The van der Waals surface area contributed by atoms with E-state index in [0.717, 1.165) is 25.8 Å². The van der Waals surface area contributed by atoms with Gasteiger partial charge in [0.2, 0.25) is 0 Å². The van der Waals surface area contributed by atoms with E-state index in [1.165, 1.54) is 0 Å². The molecule has 1 heterocycles. The van der Waals surface area contributed by atoms with Crippen LogP contribution in [0, 0.1) is 13.8 Å². The van der Waals surface area contributed by atoms with Crippen LogP contribution in [-0.4, -0.2) is 17.6 Å². The van der Waals surface area contributed by atoms with Gasteiger partial charge in [-0.25, -0.2) is 0 Å². The van der Waals surface area contributed by atoms with E-state index in [1.54, 1.807) is 13.8 Å². The van der Waals surface area contributed by atoms with Crippen molar-refractivity contribution in [3.63, 3.8) is 0 Å². The maximum absolute atomic E-state index is 11.7. The molecular formula is C11H18N2O2. The number of rotatable bonds is 5. The molecule has 1 rings (SSSR count). The van der Waals surface area contributed by atoms with Crippen molar-refractivity contribution in [3.8, 4) is 0 Å². The molecule has 1 amide bonds. The number of nitrogens with one attached hydrogen (secondary N) is 1. The Morgan fingerprint density at radius 2 is 2.13 bits per heavy atom. The second-order valence-electron chi connectivity index (χ2n) is 3.66. The number of unbranched alkanes of at least 4 members (excludes halogenated alkanes) is 2. The molecule has 0 fully saturated rings. The third kappa shape index (κ3) is 3.08. The molecule has 1 N–H and O–H groups in total. The standard InChI is InChI=1S/C11H18N2O2/c1-4-5-6-7-12-11(14)10-8(2)13-15-9(10)3/h4-7H2,1-3H3,(H,12,14). The van der Waals surface area contributed by atoms with Gasteiger partial charge in [0.1, 0.15) is 11.3 Å². The van der Waals surface area contributed by atoms with Crippen molar-refractivity contribution in [1.29, 1.82) is 0 Å². The molecule has 0 aliphatic heterocycles. The summed E-state index contributed by atoms with van der Waals surface area (Å²) in [5.74, 6) is 0.503. The summed E-state index contributed by atoms with van der Waals surface area (Å²) in [5, 5.41) is 6.61. The van der Waals surface area contributed by atoms with E-state index in [1.807, 2.05) is 0 Å². The van der Waals surface area contributed by atoms with Crippen LogP contribution in [0.4, 0.5) is 0 Å². The molecule has 4 nitrogen and oxygen atoms in total. The first kappa shape index (κ1) is 11.8. The molecule has 1 aromatic rings. The average Bonchev–Trinajstić information content (AvgIpc) is 2.53. The first-order valence-electron chi connectivity index (χ1n) is 5.38. The molecule has 15 heavy (non-hydrogen) atoms. The van der Waals surface area contributed by atoms with Gasteiger partial charge in [-0.3, -0.25) is 4.79 Å². The highest BCUT2D eigenvalue weighted by Crippen LogP contribution is 2.11. The molecular weight excluding hydrogens is 192 g/mol. The van der Waals surface area contributed by atoms with Gasteiger partial charge in [-0.05, 0) is 20.3 Å². The summed E-state index contributed by atoms with van der Waals surface area (Å²) in [6.07, 6.45) is 3.31. The minimum absolute atomic E-state index is 0.0812. The van der Waals surface area contributed by atoms with E-state index in [4.69, 9.17) is 4.52 Å². The molecule has 0 unspecified atom stereocenters. The van der Waals surface area contributed by atoms with Gasteiger partial charge in [-0.15, -0.1) is 0 Å². The summed E-state index contributed by atoms with van der Waals surface area (Å²) in [7, 11) is 0. The van der Waals surface area contributed by atoms with Gasteiger partial charge >= 0.3 is 0 Å². The van der Waals surface area contributed by atoms with Gasteiger partial charge in [-0.2, -0.15) is 0 Å². The summed E-state index contributed by atoms with van der Waals surface area (Å²) in [5.41, 5.74) is 1.23. The first-order valence-corrected chi connectivity index (χ1v) is 5.38. The van der Waals surface area contributed by atoms with Gasteiger partial charge < -0.3 is 9.84 Å². The lowest BCUT2D eigenvalue weighted by molar-refractivity contribution is 0.0951. The van der Waals surface area contributed by atoms with E-state index in [0.29, 0.717) is 17.0 Å². The number of amides is 1. The number of aryl methyl sites for hydroxylation is 2. The fourth-order valence-corrected chi connectivity index (χ4v) is 1.47. The van der Waals surface area contributed by atoms with Crippen LogP contribution in [0.5, 0.6) is 0 Å². The van der Waals surface area contributed by atoms with Gasteiger partial charge in [-0.1, -0.05) is 24.9 Å². The summed E-state index contributed by atoms with van der Waals surface area (Å²) in [4.78, 5) is 11.7. The van der Waals surface area contributed by atoms with Crippen molar-refractivity contribution < 1.29 is 9.32 Å². The SMILES string of the molecule is CCCCCNC(=O)c1c(C)noc1C. The van der Waals surface area contributed by atoms with Crippen LogP contribution in [-0.2, 0) is 0 Å². The molecule has 0 bridgehead atoms. The Morgan fingerprint density at radius 3 is 2.67 bits per heavy atom. The third-order valence-corrected chi connectivity index (χ3v) is 2.33. The Balaban J connectivity index is 2.47. The van der Waals surface area contributed by atoms with Crippen LogP contribution >= 0.6 is 0 Å². The molecule has 0 saturated heterocycles. The number of aromatic nitrogens is 1. The number of hydrogen-bond acceptors (Lipinski definition) is 3. The monoisotopic (exact) mass is 210 g/mol. The summed E-state index contributed by atoms with van der Waals surface area (Å²) in [6, 6.07) is 0. The van der Waals surface area contributed by atoms with E-state index < -0.39 is 0 Å². The highest BCUT2D eigenvalue weighted by Gasteiger charge is 2.16. The lowest BCUT2D eigenvalue weighted by atomic mass is 10.2. The van der Waals surface area contributed by atoms with E-state index in [2.05, 4.69) is 17.4 Å². The Bertz CT molecular complexity index is 312. The average molecular weight is 210 g/mol. The van der Waals surface area contributed by atoms with Crippen LogP contribution in [0.25, 0.3) is 0 Å². The van der Waals surface area contributed by atoms with Crippen molar-refractivity contribution >= 4 is 5.91 Å². The summed E-state index contributed by atoms with van der Waals surface area (Å²) < 4.78 is 4.93. The molecule has 0 saturated carbocycles. The van der Waals surface area contributed by atoms with Crippen molar-refractivity contribution in [2.75, 3.05) is 6.54 Å². The van der Waals surface area contributed by atoms with Crippen molar-refractivity contribution in [2.24, 2.45) is 0 Å². The number of nitrogens with zero attached hydrogens (tertiary/aromatic N) is 1. The van der Waals surface area contributed by atoms with Crippen molar-refractivity contribution in [2.45, 2.75) is 40.0 Å². The molecule has 1 aromatic heterocycles. The number of carbonyl (C=O) groups excluding carboxylic acids is 1. The van der Waals surface area contributed by atoms with Crippen LogP contribution in [0.2, 0.25) is 0 Å². The molecule has 0 aromatic carbocycles. The zero-order valence-corrected chi connectivity index (χ0v) is 9.59. The highest BCUT2D eigenvalue weighted by atomic mass is 16.5. The predicted molar refractivity (Wildman–Crippen MR) is 57.8 cm³/mol. The molecule has 0 aliphatic rings. The number of hydrogen-bond donors (Lipinski definition) is 1. The van der Waals surface area contributed by atoms with E-state index in [-0.39, 0.29) is 5.91 Å². The second-order valence-corrected chi connectivity index (χ2v) is 3.66. The summed E-state index contributed by atoms with van der Waals surface area (Å²) in [6.45, 7) is 6.38. The fourth-order valence-electron chi connectivity index (χ4n) is 1.47. The normalized spacial score (nSPS) is 10.3. The quantitative estimate of drug-likeness (QED) is 0.758. The van der Waals surface area contributed by atoms with Crippen LogP contribution in [0.1, 0.15) is 48.0 Å². The minimum Gasteiger partial charge on any atom is -0.361 e. The molecule has 0 atom stereocenters. The Morgan fingerprint density at radius 1 is 1.40 bits per heavy atom. The largest absolute Gasteiger partial charge is 0.361 e.